The van der Waals surface area contributed by atoms with E-state index >= 15 is 0 Å². The average Bonchev–Trinajstić information content (AvgIpc) is 2.94. The summed E-state index contributed by atoms with van der Waals surface area (Å²) in [4.78, 5) is 12.7. The molecule has 1 amide bonds. The van der Waals surface area contributed by atoms with Gasteiger partial charge in [0, 0.05) is 16.1 Å². The predicted molar refractivity (Wildman–Crippen MR) is 152 cm³/mol. The summed E-state index contributed by atoms with van der Waals surface area (Å²) in [5, 5.41) is 14.5. The molecule has 0 bridgehead atoms. The van der Waals surface area contributed by atoms with Crippen LogP contribution in [-0.4, -0.2) is 32.8 Å². The van der Waals surface area contributed by atoms with Crippen molar-refractivity contribution >= 4 is 39.4 Å². The number of anilines is 1. The second-order valence-corrected chi connectivity index (χ2v) is 10.8. The van der Waals surface area contributed by atoms with Crippen molar-refractivity contribution < 1.29 is 23.1 Å². The van der Waals surface area contributed by atoms with Crippen LogP contribution in [0.15, 0.2) is 101 Å². The summed E-state index contributed by atoms with van der Waals surface area (Å²) in [6.45, 7) is 1.84. The second kappa shape index (κ2) is 12.0. The van der Waals surface area contributed by atoms with E-state index in [1.807, 2.05) is 6.92 Å². The van der Waals surface area contributed by atoms with Gasteiger partial charge in [0.05, 0.1) is 30.5 Å². The Hall–Kier alpha value is -4.34. The van der Waals surface area contributed by atoms with Crippen molar-refractivity contribution in [3.63, 3.8) is 0 Å². The van der Waals surface area contributed by atoms with Gasteiger partial charge in [0.2, 0.25) is 0 Å². The van der Waals surface area contributed by atoms with E-state index in [1.165, 1.54) is 17.6 Å². The van der Waals surface area contributed by atoms with Crippen molar-refractivity contribution in [1.82, 2.24) is 5.43 Å². The van der Waals surface area contributed by atoms with E-state index < -0.39 is 15.9 Å². The summed E-state index contributed by atoms with van der Waals surface area (Å²) in [5.74, 6) is -0.274. The molecule has 0 aromatic heterocycles. The summed E-state index contributed by atoms with van der Waals surface area (Å²) in [5.41, 5.74) is 4.98. The highest BCUT2D eigenvalue weighted by Gasteiger charge is 2.26. The van der Waals surface area contributed by atoms with E-state index in [4.69, 9.17) is 16.3 Å². The van der Waals surface area contributed by atoms with Crippen molar-refractivity contribution in [2.45, 2.75) is 18.4 Å². The number of halogens is 1. The number of hydrogen-bond acceptors (Lipinski definition) is 6. The molecule has 0 aliphatic heterocycles. The maximum Gasteiger partial charge on any atom is 0.271 e. The summed E-state index contributed by atoms with van der Waals surface area (Å²) >= 11 is 6.22. The number of benzene rings is 4. The molecule has 0 saturated heterocycles. The molecule has 4 aromatic carbocycles. The van der Waals surface area contributed by atoms with E-state index in [0.717, 1.165) is 5.56 Å². The number of hydrogen-bond donors (Lipinski definition) is 2. The van der Waals surface area contributed by atoms with Crippen LogP contribution < -0.4 is 14.5 Å². The number of rotatable bonds is 9. The minimum Gasteiger partial charge on any atom is -0.504 e. The standard InChI is InChI=1S/C29H26ClN3O5S/c1-20-11-16-24(30)17-26(20)33(39(36,37)25-8-4-3-5-9-25)19-21-12-14-22(15-13-21)29(35)32-31-18-23-7-6-10-27(38-2)28(23)34/h3-18,34H,19H2,1-2H3,(H,32,35)/b31-18-. The van der Waals surface area contributed by atoms with Crippen molar-refractivity contribution in [3.8, 4) is 11.5 Å². The molecule has 0 radical (unpaired) electrons. The van der Waals surface area contributed by atoms with Gasteiger partial charge in [0.25, 0.3) is 15.9 Å². The summed E-state index contributed by atoms with van der Waals surface area (Å²) in [6.07, 6.45) is 1.31. The maximum atomic E-state index is 13.7. The van der Waals surface area contributed by atoms with Gasteiger partial charge >= 0.3 is 0 Å². The lowest BCUT2D eigenvalue weighted by molar-refractivity contribution is 0.0955. The van der Waals surface area contributed by atoms with Crippen LogP contribution in [0.1, 0.15) is 27.0 Å². The SMILES string of the molecule is COc1cccc(/C=N\NC(=O)c2ccc(CN(c3cc(Cl)ccc3C)S(=O)(=O)c3ccccc3)cc2)c1O. The molecule has 0 saturated carbocycles. The number of carbonyl (C=O) groups is 1. The molecule has 39 heavy (non-hydrogen) atoms. The smallest absolute Gasteiger partial charge is 0.271 e. The van der Waals surface area contributed by atoms with Crippen molar-refractivity contribution in [2.24, 2.45) is 5.10 Å². The van der Waals surface area contributed by atoms with Crippen LogP contribution in [0, 0.1) is 6.92 Å². The number of phenolic OH excluding ortho intramolecular Hbond substituents is 1. The zero-order valence-electron chi connectivity index (χ0n) is 21.2. The Morgan fingerprint density at radius 3 is 2.44 bits per heavy atom. The molecule has 10 heteroatoms. The minimum atomic E-state index is -3.92. The fourth-order valence-corrected chi connectivity index (χ4v) is 5.53. The lowest BCUT2D eigenvalue weighted by atomic mass is 10.1. The second-order valence-electron chi connectivity index (χ2n) is 8.55. The van der Waals surface area contributed by atoms with Gasteiger partial charge in [-0.1, -0.05) is 54.1 Å². The van der Waals surface area contributed by atoms with E-state index in [9.17, 15) is 18.3 Å². The first kappa shape index (κ1) is 27.7. The number of carbonyl (C=O) groups excluding carboxylic acids is 1. The van der Waals surface area contributed by atoms with Crippen molar-refractivity contribution in [3.05, 3.63) is 118 Å². The Kier molecular flexibility index (Phi) is 8.53. The molecule has 0 fully saturated rings. The van der Waals surface area contributed by atoms with Gasteiger partial charge in [-0.05, 0) is 66.6 Å². The van der Waals surface area contributed by atoms with E-state index in [1.54, 1.807) is 91.0 Å². The quantitative estimate of drug-likeness (QED) is 0.206. The number of ether oxygens (including phenoxy) is 1. The largest absolute Gasteiger partial charge is 0.504 e. The predicted octanol–water partition coefficient (Wildman–Crippen LogP) is 5.52. The van der Waals surface area contributed by atoms with E-state index in [0.29, 0.717) is 27.4 Å². The number of hydrazone groups is 1. The number of nitrogens with zero attached hydrogens (tertiary/aromatic N) is 2. The lowest BCUT2D eigenvalue weighted by Crippen LogP contribution is -2.31. The number of aryl methyl sites for hydroxylation is 1. The Labute approximate surface area is 232 Å². The molecular formula is C29H26ClN3O5S. The van der Waals surface area contributed by atoms with Crippen molar-refractivity contribution in [1.29, 1.82) is 0 Å². The van der Waals surface area contributed by atoms with Crippen molar-refractivity contribution in [2.75, 3.05) is 11.4 Å². The molecule has 200 valence electrons. The van der Waals surface area contributed by atoms with Gasteiger partial charge in [0.15, 0.2) is 11.5 Å². The Morgan fingerprint density at radius 2 is 1.74 bits per heavy atom. The third-order valence-electron chi connectivity index (χ3n) is 5.93. The Morgan fingerprint density at radius 1 is 1.03 bits per heavy atom. The van der Waals surface area contributed by atoms with Gasteiger partial charge in [-0.15, -0.1) is 0 Å². The number of aromatic hydroxyl groups is 1. The van der Waals surface area contributed by atoms with Gasteiger partial charge in [-0.2, -0.15) is 5.10 Å². The number of para-hydroxylation sites is 1. The average molecular weight is 564 g/mol. The van der Waals surface area contributed by atoms with Crippen LogP contribution in [0.5, 0.6) is 11.5 Å². The number of nitrogens with one attached hydrogen (secondary N) is 1. The van der Waals surface area contributed by atoms with Crippen LogP contribution in [-0.2, 0) is 16.6 Å². The number of amides is 1. The van der Waals surface area contributed by atoms with Crippen LogP contribution >= 0.6 is 11.6 Å². The van der Waals surface area contributed by atoms with E-state index in [-0.39, 0.29) is 22.9 Å². The fraction of sp³-hybridized carbons (Fsp3) is 0.103. The van der Waals surface area contributed by atoms with Crippen LogP contribution in [0.25, 0.3) is 0 Å². The van der Waals surface area contributed by atoms with Crippen LogP contribution in [0.3, 0.4) is 0 Å². The molecule has 4 rings (SSSR count). The maximum absolute atomic E-state index is 13.7. The molecular weight excluding hydrogens is 538 g/mol. The zero-order valence-corrected chi connectivity index (χ0v) is 22.8. The third-order valence-corrected chi connectivity index (χ3v) is 7.94. The molecule has 0 aliphatic carbocycles. The Balaban J connectivity index is 1.55. The van der Waals surface area contributed by atoms with E-state index in [2.05, 4.69) is 10.5 Å². The molecule has 2 N–H and O–H groups in total. The van der Waals surface area contributed by atoms with Gasteiger partial charge < -0.3 is 9.84 Å². The molecule has 4 aromatic rings. The molecule has 0 aliphatic rings. The van der Waals surface area contributed by atoms with Gasteiger partial charge in [0.1, 0.15) is 0 Å². The van der Waals surface area contributed by atoms with Crippen LogP contribution in [0.2, 0.25) is 5.02 Å². The highest BCUT2D eigenvalue weighted by Crippen LogP contribution is 2.31. The Bertz CT molecular complexity index is 1610. The summed E-state index contributed by atoms with van der Waals surface area (Å²) in [7, 11) is -2.48. The molecule has 0 spiro atoms. The van der Waals surface area contributed by atoms with Crippen LogP contribution in [0.4, 0.5) is 5.69 Å². The highest BCUT2D eigenvalue weighted by molar-refractivity contribution is 7.92. The summed E-state index contributed by atoms with van der Waals surface area (Å²) < 4.78 is 33.7. The lowest BCUT2D eigenvalue weighted by Gasteiger charge is -2.26. The highest BCUT2D eigenvalue weighted by atomic mass is 35.5. The normalized spacial score (nSPS) is 11.4. The third kappa shape index (κ3) is 6.39. The first-order valence-electron chi connectivity index (χ1n) is 11.8. The number of sulfonamides is 1. The molecule has 0 unspecified atom stereocenters. The first-order chi connectivity index (χ1) is 18.7. The fourth-order valence-electron chi connectivity index (χ4n) is 3.83. The zero-order chi connectivity index (χ0) is 28.0. The molecule has 0 atom stereocenters. The first-order valence-corrected chi connectivity index (χ1v) is 13.6. The number of methoxy groups -OCH3 is 1. The van der Waals surface area contributed by atoms with Gasteiger partial charge in [-0.3, -0.25) is 9.10 Å². The monoisotopic (exact) mass is 563 g/mol. The topological polar surface area (TPSA) is 108 Å². The minimum absolute atomic E-state index is 0.0214. The number of phenols is 1. The van der Waals surface area contributed by atoms with Gasteiger partial charge in [-0.25, -0.2) is 13.8 Å². The molecule has 0 heterocycles. The molecule has 8 nitrogen and oxygen atoms in total. The summed E-state index contributed by atoms with van der Waals surface area (Å²) in [6, 6.07) is 24.7.